The van der Waals surface area contributed by atoms with Crippen LogP contribution in [0.2, 0.25) is 0 Å². The van der Waals surface area contributed by atoms with Gasteiger partial charge in [-0.05, 0) is 6.07 Å². The topological polar surface area (TPSA) is 76.3 Å². The van der Waals surface area contributed by atoms with Crippen LogP contribution in [-0.4, -0.2) is 49.4 Å². The zero-order chi connectivity index (χ0) is 11.5. The van der Waals surface area contributed by atoms with Gasteiger partial charge in [-0.2, -0.15) is 4.98 Å². The van der Waals surface area contributed by atoms with E-state index in [2.05, 4.69) is 20.2 Å². The van der Waals surface area contributed by atoms with Crippen LogP contribution in [0.25, 0.3) is 0 Å². The van der Waals surface area contributed by atoms with E-state index in [0.29, 0.717) is 5.95 Å². The molecule has 1 saturated heterocycles. The van der Waals surface area contributed by atoms with Crippen LogP contribution in [-0.2, 0) is 4.74 Å². The molecule has 6 heteroatoms. The third-order valence-electron chi connectivity index (χ3n) is 2.80. The summed E-state index contributed by atoms with van der Waals surface area (Å²) in [6.07, 6.45) is 1.81. The molecular weight excluding hydrogens is 206 g/mol. The molecule has 0 aromatic carbocycles. The van der Waals surface area contributed by atoms with Crippen LogP contribution in [0, 0.1) is 0 Å². The van der Waals surface area contributed by atoms with Crippen molar-refractivity contribution in [3.05, 3.63) is 12.3 Å². The Morgan fingerprint density at radius 3 is 3.00 bits per heavy atom. The highest BCUT2D eigenvalue weighted by Crippen LogP contribution is 2.19. The van der Waals surface area contributed by atoms with Gasteiger partial charge in [0.15, 0.2) is 0 Å². The van der Waals surface area contributed by atoms with Gasteiger partial charge < -0.3 is 20.7 Å². The number of nitrogens with zero attached hydrogens (tertiary/aromatic N) is 3. The van der Waals surface area contributed by atoms with E-state index in [1.807, 2.05) is 6.07 Å². The summed E-state index contributed by atoms with van der Waals surface area (Å²) >= 11 is 0. The predicted molar refractivity (Wildman–Crippen MR) is 62.6 cm³/mol. The molecule has 0 spiro atoms. The van der Waals surface area contributed by atoms with Gasteiger partial charge >= 0.3 is 0 Å². The largest absolute Gasteiger partial charge is 0.378 e. The monoisotopic (exact) mass is 223 g/mol. The number of anilines is 2. The first-order chi connectivity index (χ1) is 7.74. The lowest BCUT2D eigenvalue weighted by Crippen LogP contribution is -2.34. The van der Waals surface area contributed by atoms with Crippen molar-refractivity contribution < 1.29 is 4.74 Å². The second-order valence-electron chi connectivity index (χ2n) is 3.83. The summed E-state index contributed by atoms with van der Waals surface area (Å²) in [5, 5.41) is 2.92. The van der Waals surface area contributed by atoms with Crippen LogP contribution in [0.3, 0.4) is 0 Å². The first-order valence-corrected chi connectivity index (χ1v) is 5.28. The number of rotatable bonds is 3. The molecule has 0 radical (unpaired) electrons. The molecule has 1 aromatic heterocycles. The molecule has 2 heterocycles. The van der Waals surface area contributed by atoms with E-state index in [0.717, 1.165) is 18.9 Å². The number of hydrogen-bond donors (Lipinski definition) is 2. The molecule has 3 N–H and O–H groups in total. The van der Waals surface area contributed by atoms with Gasteiger partial charge in [-0.1, -0.05) is 0 Å². The summed E-state index contributed by atoms with van der Waals surface area (Å²) < 4.78 is 5.31. The fourth-order valence-corrected chi connectivity index (χ4v) is 1.88. The normalized spacial score (nSPS) is 24.8. The van der Waals surface area contributed by atoms with E-state index in [1.165, 1.54) is 0 Å². The first-order valence-electron chi connectivity index (χ1n) is 5.28. The Morgan fingerprint density at radius 2 is 2.38 bits per heavy atom. The lowest BCUT2D eigenvalue weighted by molar-refractivity contribution is 0.108. The third kappa shape index (κ3) is 2.07. The molecule has 2 atom stereocenters. The summed E-state index contributed by atoms with van der Waals surface area (Å²) in [6.45, 7) is 1.54. The van der Waals surface area contributed by atoms with Crippen molar-refractivity contribution in [1.29, 1.82) is 0 Å². The highest BCUT2D eigenvalue weighted by Gasteiger charge is 2.30. The quantitative estimate of drug-likeness (QED) is 0.731. The Balaban J connectivity index is 2.13. The molecule has 16 heavy (non-hydrogen) atoms. The Morgan fingerprint density at radius 1 is 1.56 bits per heavy atom. The standard InChI is InChI=1S/C10H17N5O/c1-12-10-13-4-3-9(14-10)15-5-7(11)8(6-15)16-2/h3-4,7-8H,5-6,11H2,1-2H3,(H,12,13,14)/t7-,8+/m1/s1. The van der Waals surface area contributed by atoms with Crippen LogP contribution in [0.5, 0.6) is 0 Å². The second kappa shape index (κ2) is 4.63. The van der Waals surface area contributed by atoms with Crippen LogP contribution in [0.15, 0.2) is 12.3 Å². The molecule has 1 aromatic rings. The Hall–Kier alpha value is -1.40. The van der Waals surface area contributed by atoms with Crippen molar-refractivity contribution in [3.8, 4) is 0 Å². The Kier molecular flexibility index (Phi) is 3.21. The molecule has 88 valence electrons. The van der Waals surface area contributed by atoms with Crippen molar-refractivity contribution in [3.63, 3.8) is 0 Å². The van der Waals surface area contributed by atoms with Crippen molar-refractivity contribution in [2.24, 2.45) is 5.73 Å². The van der Waals surface area contributed by atoms with Gasteiger partial charge in [0.2, 0.25) is 5.95 Å². The van der Waals surface area contributed by atoms with Crippen molar-refractivity contribution in [2.75, 3.05) is 37.5 Å². The van der Waals surface area contributed by atoms with E-state index in [-0.39, 0.29) is 12.1 Å². The average Bonchev–Trinajstić information content (AvgIpc) is 2.71. The maximum Gasteiger partial charge on any atom is 0.224 e. The third-order valence-corrected chi connectivity index (χ3v) is 2.80. The summed E-state index contributed by atoms with van der Waals surface area (Å²) in [5.41, 5.74) is 5.96. The Bertz CT molecular complexity index is 359. The van der Waals surface area contributed by atoms with Crippen LogP contribution in [0.4, 0.5) is 11.8 Å². The van der Waals surface area contributed by atoms with Gasteiger partial charge in [0.05, 0.1) is 12.1 Å². The lowest BCUT2D eigenvalue weighted by atomic mass is 10.2. The average molecular weight is 223 g/mol. The van der Waals surface area contributed by atoms with E-state index in [1.54, 1.807) is 20.4 Å². The van der Waals surface area contributed by atoms with E-state index < -0.39 is 0 Å². The minimum absolute atomic E-state index is 0.0398. The molecular formula is C10H17N5O. The molecule has 0 amide bonds. The van der Waals surface area contributed by atoms with E-state index in [4.69, 9.17) is 10.5 Å². The number of nitrogens with two attached hydrogens (primary N) is 1. The molecule has 0 aliphatic carbocycles. The molecule has 0 unspecified atom stereocenters. The number of hydrogen-bond acceptors (Lipinski definition) is 6. The van der Waals surface area contributed by atoms with Crippen molar-refractivity contribution in [1.82, 2.24) is 9.97 Å². The van der Waals surface area contributed by atoms with Crippen molar-refractivity contribution in [2.45, 2.75) is 12.1 Å². The fraction of sp³-hybridized carbons (Fsp3) is 0.600. The molecule has 0 saturated carbocycles. The molecule has 1 fully saturated rings. The van der Waals surface area contributed by atoms with Gasteiger partial charge in [-0.15, -0.1) is 0 Å². The van der Waals surface area contributed by atoms with E-state index in [9.17, 15) is 0 Å². The SMILES string of the molecule is CNc1nccc(N2C[C@@H](N)[C@@H](OC)C2)n1. The van der Waals surface area contributed by atoms with Crippen molar-refractivity contribution >= 4 is 11.8 Å². The maximum absolute atomic E-state index is 5.96. The highest BCUT2D eigenvalue weighted by molar-refractivity contribution is 5.44. The summed E-state index contributed by atoms with van der Waals surface area (Å²) in [6, 6.07) is 1.92. The Labute approximate surface area is 94.8 Å². The van der Waals surface area contributed by atoms with Gasteiger partial charge in [0.1, 0.15) is 5.82 Å². The fourth-order valence-electron chi connectivity index (χ4n) is 1.88. The number of aromatic nitrogens is 2. The summed E-state index contributed by atoms with van der Waals surface area (Å²) in [7, 11) is 3.49. The molecule has 2 rings (SSSR count). The zero-order valence-electron chi connectivity index (χ0n) is 9.55. The minimum Gasteiger partial charge on any atom is -0.378 e. The van der Waals surface area contributed by atoms with Gasteiger partial charge in [-0.25, -0.2) is 4.98 Å². The second-order valence-corrected chi connectivity index (χ2v) is 3.83. The molecule has 0 bridgehead atoms. The maximum atomic E-state index is 5.96. The lowest BCUT2D eigenvalue weighted by Gasteiger charge is -2.16. The van der Waals surface area contributed by atoms with Crippen LogP contribution < -0.4 is 16.0 Å². The van der Waals surface area contributed by atoms with Crippen LogP contribution >= 0.6 is 0 Å². The summed E-state index contributed by atoms with van der Waals surface area (Å²) in [4.78, 5) is 10.6. The smallest absolute Gasteiger partial charge is 0.224 e. The number of methoxy groups -OCH3 is 1. The molecule has 1 aliphatic rings. The number of ether oxygens (including phenoxy) is 1. The predicted octanol–water partition coefficient (Wildman–Crippen LogP) is -0.319. The van der Waals surface area contributed by atoms with Gasteiger partial charge in [0, 0.05) is 33.4 Å². The highest BCUT2D eigenvalue weighted by atomic mass is 16.5. The van der Waals surface area contributed by atoms with Crippen LogP contribution in [0.1, 0.15) is 0 Å². The zero-order valence-corrected chi connectivity index (χ0v) is 9.55. The molecule has 6 nitrogen and oxygen atoms in total. The molecule has 1 aliphatic heterocycles. The number of nitrogens with one attached hydrogen (secondary N) is 1. The van der Waals surface area contributed by atoms with E-state index >= 15 is 0 Å². The minimum atomic E-state index is 0.0398. The summed E-state index contributed by atoms with van der Waals surface area (Å²) in [5.74, 6) is 1.50. The van der Waals surface area contributed by atoms with Gasteiger partial charge in [-0.3, -0.25) is 0 Å². The first kappa shape index (κ1) is 11.1. The van der Waals surface area contributed by atoms with Gasteiger partial charge in [0.25, 0.3) is 0 Å².